The largest absolute Gasteiger partial charge is 0.497 e. The SMILES string of the molecule is COc1ccc([C@H](CO)N2CCNCC2)c(OC)c1. The molecular formula is C14H22N2O3. The van der Waals surface area contributed by atoms with Crippen molar-refractivity contribution >= 4 is 0 Å². The zero-order chi connectivity index (χ0) is 13.7. The Kier molecular flexibility index (Phi) is 5.01. The molecule has 1 heterocycles. The summed E-state index contributed by atoms with van der Waals surface area (Å²) in [7, 11) is 3.28. The number of nitrogens with one attached hydrogen (secondary N) is 1. The van der Waals surface area contributed by atoms with Gasteiger partial charge in [0.1, 0.15) is 11.5 Å². The van der Waals surface area contributed by atoms with Crippen LogP contribution in [0.4, 0.5) is 0 Å². The minimum absolute atomic E-state index is 0.0250. The fourth-order valence-corrected chi connectivity index (χ4v) is 2.50. The van der Waals surface area contributed by atoms with Gasteiger partial charge < -0.3 is 19.9 Å². The van der Waals surface area contributed by atoms with Gasteiger partial charge in [0, 0.05) is 37.8 Å². The summed E-state index contributed by atoms with van der Waals surface area (Å²) in [6.07, 6.45) is 0. The molecular weight excluding hydrogens is 244 g/mol. The molecule has 5 nitrogen and oxygen atoms in total. The van der Waals surface area contributed by atoms with Crippen LogP contribution in [0.2, 0.25) is 0 Å². The van der Waals surface area contributed by atoms with Crippen LogP contribution in [0, 0.1) is 0 Å². The van der Waals surface area contributed by atoms with Gasteiger partial charge in [-0.05, 0) is 12.1 Å². The van der Waals surface area contributed by atoms with Crippen LogP contribution in [-0.4, -0.2) is 57.0 Å². The van der Waals surface area contributed by atoms with Crippen molar-refractivity contribution in [2.24, 2.45) is 0 Å². The van der Waals surface area contributed by atoms with Crippen molar-refractivity contribution in [3.05, 3.63) is 23.8 Å². The Morgan fingerprint density at radius 2 is 2.00 bits per heavy atom. The van der Waals surface area contributed by atoms with E-state index in [1.165, 1.54) is 0 Å². The molecule has 0 bridgehead atoms. The van der Waals surface area contributed by atoms with E-state index in [1.54, 1.807) is 14.2 Å². The van der Waals surface area contributed by atoms with Crippen molar-refractivity contribution in [1.82, 2.24) is 10.2 Å². The molecule has 5 heteroatoms. The van der Waals surface area contributed by atoms with Gasteiger partial charge >= 0.3 is 0 Å². The van der Waals surface area contributed by atoms with Crippen molar-refractivity contribution in [2.75, 3.05) is 47.0 Å². The first kappa shape index (κ1) is 14.1. The van der Waals surface area contributed by atoms with E-state index >= 15 is 0 Å². The van der Waals surface area contributed by atoms with Gasteiger partial charge in [-0.1, -0.05) is 0 Å². The number of rotatable bonds is 5. The topological polar surface area (TPSA) is 54.0 Å². The molecule has 19 heavy (non-hydrogen) atoms. The maximum atomic E-state index is 9.73. The van der Waals surface area contributed by atoms with Gasteiger partial charge in [0.15, 0.2) is 0 Å². The molecule has 1 aromatic carbocycles. The predicted molar refractivity (Wildman–Crippen MR) is 73.8 cm³/mol. The first-order chi connectivity index (χ1) is 9.30. The Morgan fingerprint density at radius 1 is 1.26 bits per heavy atom. The molecule has 1 aromatic rings. The number of hydrogen-bond acceptors (Lipinski definition) is 5. The molecule has 1 aliphatic rings. The van der Waals surface area contributed by atoms with Gasteiger partial charge in [-0.3, -0.25) is 4.90 Å². The van der Waals surface area contributed by atoms with Crippen molar-refractivity contribution in [2.45, 2.75) is 6.04 Å². The zero-order valence-electron chi connectivity index (χ0n) is 11.6. The second-order valence-corrected chi connectivity index (χ2v) is 4.59. The molecule has 0 aliphatic carbocycles. The van der Waals surface area contributed by atoms with E-state index in [-0.39, 0.29) is 12.6 Å². The van der Waals surface area contributed by atoms with Gasteiger partial charge in [0.25, 0.3) is 0 Å². The van der Waals surface area contributed by atoms with Crippen LogP contribution in [-0.2, 0) is 0 Å². The van der Waals surface area contributed by atoms with Crippen LogP contribution in [0.5, 0.6) is 11.5 Å². The van der Waals surface area contributed by atoms with E-state index in [0.29, 0.717) is 0 Å². The molecule has 0 amide bonds. The maximum Gasteiger partial charge on any atom is 0.127 e. The summed E-state index contributed by atoms with van der Waals surface area (Å²) < 4.78 is 10.6. The van der Waals surface area contributed by atoms with E-state index in [4.69, 9.17) is 9.47 Å². The minimum atomic E-state index is -0.0250. The number of nitrogens with zero attached hydrogens (tertiary/aromatic N) is 1. The monoisotopic (exact) mass is 266 g/mol. The third-order valence-electron chi connectivity index (χ3n) is 3.56. The molecule has 1 saturated heterocycles. The van der Waals surface area contributed by atoms with Crippen molar-refractivity contribution in [3.63, 3.8) is 0 Å². The molecule has 0 saturated carbocycles. The molecule has 0 spiro atoms. The molecule has 1 atom stereocenters. The Hall–Kier alpha value is -1.30. The smallest absolute Gasteiger partial charge is 0.127 e. The normalized spacial score (nSPS) is 18.1. The molecule has 0 radical (unpaired) electrons. The lowest BCUT2D eigenvalue weighted by molar-refractivity contribution is 0.109. The fourth-order valence-electron chi connectivity index (χ4n) is 2.50. The summed E-state index contributed by atoms with van der Waals surface area (Å²) in [5.74, 6) is 1.52. The first-order valence-electron chi connectivity index (χ1n) is 6.57. The average Bonchev–Trinajstić information content (AvgIpc) is 2.49. The number of methoxy groups -OCH3 is 2. The minimum Gasteiger partial charge on any atom is -0.497 e. The standard InChI is InChI=1S/C14H22N2O3/c1-18-11-3-4-12(14(9-11)19-2)13(10-17)16-7-5-15-6-8-16/h3-4,9,13,15,17H,5-8,10H2,1-2H3/t13-/m0/s1. The highest BCUT2D eigenvalue weighted by atomic mass is 16.5. The van der Waals surface area contributed by atoms with Gasteiger partial charge in [0.05, 0.1) is 26.9 Å². The van der Waals surface area contributed by atoms with Gasteiger partial charge in [0.2, 0.25) is 0 Å². The summed E-state index contributed by atoms with van der Waals surface area (Å²) in [4.78, 5) is 2.28. The van der Waals surface area contributed by atoms with Crippen LogP contribution in [0.15, 0.2) is 18.2 Å². The highest BCUT2D eigenvalue weighted by Gasteiger charge is 2.24. The van der Waals surface area contributed by atoms with E-state index in [1.807, 2.05) is 18.2 Å². The maximum absolute atomic E-state index is 9.73. The van der Waals surface area contributed by atoms with Gasteiger partial charge in [-0.25, -0.2) is 0 Å². The Labute approximate surface area is 114 Å². The second-order valence-electron chi connectivity index (χ2n) is 4.59. The van der Waals surface area contributed by atoms with Crippen LogP contribution >= 0.6 is 0 Å². The molecule has 1 fully saturated rings. The van der Waals surface area contributed by atoms with Crippen LogP contribution in [0.25, 0.3) is 0 Å². The summed E-state index contributed by atoms with van der Waals surface area (Å²) in [6.45, 7) is 3.85. The average molecular weight is 266 g/mol. The second kappa shape index (κ2) is 6.75. The third-order valence-corrected chi connectivity index (χ3v) is 3.56. The summed E-state index contributed by atoms with van der Waals surface area (Å²) >= 11 is 0. The Balaban J connectivity index is 2.26. The summed E-state index contributed by atoms with van der Waals surface area (Å²) in [6, 6.07) is 5.71. The molecule has 2 N–H and O–H groups in total. The Morgan fingerprint density at radius 3 is 2.58 bits per heavy atom. The molecule has 2 rings (SSSR count). The van der Waals surface area contributed by atoms with Gasteiger partial charge in [-0.2, -0.15) is 0 Å². The molecule has 1 aliphatic heterocycles. The number of hydrogen-bond donors (Lipinski definition) is 2. The number of piperazine rings is 1. The Bertz CT molecular complexity index is 406. The molecule has 0 aromatic heterocycles. The van der Waals surface area contributed by atoms with E-state index in [0.717, 1.165) is 43.2 Å². The third kappa shape index (κ3) is 3.18. The number of ether oxygens (including phenoxy) is 2. The van der Waals surface area contributed by atoms with E-state index in [2.05, 4.69) is 10.2 Å². The van der Waals surface area contributed by atoms with E-state index < -0.39 is 0 Å². The lowest BCUT2D eigenvalue weighted by Gasteiger charge is -2.34. The number of aliphatic hydroxyl groups is 1. The number of aliphatic hydroxyl groups excluding tert-OH is 1. The summed E-state index contributed by atoms with van der Waals surface area (Å²) in [5, 5.41) is 13.0. The molecule has 0 unspecified atom stereocenters. The quantitative estimate of drug-likeness (QED) is 0.819. The summed E-state index contributed by atoms with van der Waals surface area (Å²) in [5.41, 5.74) is 1.01. The van der Waals surface area contributed by atoms with Crippen molar-refractivity contribution in [1.29, 1.82) is 0 Å². The fraction of sp³-hybridized carbons (Fsp3) is 0.571. The lowest BCUT2D eigenvalue weighted by atomic mass is 10.0. The van der Waals surface area contributed by atoms with E-state index in [9.17, 15) is 5.11 Å². The lowest BCUT2D eigenvalue weighted by Crippen LogP contribution is -2.46. The van der Waals surface area contributed by atoms with Crippen molar-refractivity contribution < 1.29 is 14.6 Å². The first-order valence-corrected chi connectivity index (χ1v) is 6.57. The molecule has 106 valence electrons. The van der Waals surface area contributed by atoms with Gasteiger partial charge in [-0.15, -0.1) is 0 Å². The highest BCUT2D eigenvalue weighted by Crippen LogP contribution is 2.32. The zero-order valence-corrected chi connectivity index (χ0v) is 11.6. The number of benzene rings is 1. The van der Waals surface area contributed by atoms with Crippen molar-refractivity contribution in [3.8, 4) is 11.5 Å². The highest BCUT2D eigenvalue weighted by molar-refractivity contribution is 5.42. The van der Waals surface area contributed by atoms with Crippen LogP contribution < -0.4 is 14.8 Å². The van der Waals surface area contributed by atoms with Crippen LogP contribution in [0.1, 0.15) is 11.6 Å². The predicted octanol–water partition coefficient (Wildman–Crippen LogP) is 0.642. The van der Waals surface area contributed by atoms with Crippen LogP contribution in [0.3, 0.4) is 0 Å².